The third kappa shape index (κ3) is 2.54. The molecule has 0 N–H and O–H groups in total. The van der Waals surface area contributed by atoms with E-state index in [0.717, 1.165) is 31.0 Å². The molecule has 2 heteroatoms. The highest BCUT2D eigenvalue weighted by Crippen LogP contribution is 2.49. The van der Waals surface area contributed by atoms with E-state index in [1.54, 1.807) is 11.3 Å². The van der Waals surface area contributed by atoms with Gasteiger partial charge in [0.15, 0.2) is 0 Å². The van der Waals surface area contributed by atoms with E-state index in [1.165, 1.54) is 32.1 Å². The highest BCUT2D eigenvalue weighted by atomic mass is 16.5. The van der Waals surface area contributed by atoms with Crippen LogP contribution in [-0.2, 0) is 4.74 Å². The lowest BCUT2D eigenvalue weighted by Gasteiger charge is -2.50. The van der Waals surface area contributed by atoms with Crippen LogP contribution >= 0.6 is 0 Å². The van der Waals surface area contributed by atoms with Gasteiger partial charge in [0.1, 0.15) is 0 Å². The predicted octanol–water partition coefficient (Wildman–Crippen LogP) is 4.61. The SMILES string of the molecule is CC(C)C1CCCC2=C(CC1C)CC1(COC1)N2C(C)C. The summed E-state index contributed by atoms with van der Waals surface area (Å²) in [6.07, 6.45) is 6.67. The van der Waals surface area contributed by atoms with Crippen LogP contribution in [-0.4, -0.2) is 29.7 Å². The van der Waals surface area contributed by atoms with E-state index in [-0.39, 0.29) is 0 Å². The fourth-order valence-corrected chi connectivity index (χ4v) is 5.29. The van der Waals surface area contributed by atoms with Gasteiger partial charge in [0.05, 0.1) is 18.8 Å². The van der Waals surface area contributed by atoms with Crippen molar-refractivity contribution in [3.8, 4) is 0 Å². The monoisotopic (exact) mass is 291 g/mol. The highest BCUT2D eigenvalue weighted by molar-refractivity contribution is 5.30. The second kappa shape index (κ2) is 5.61. The minimum absolute atomic E-state index is 0.330. The van der Waals surface area contributed by atoms with Crippen LogP contribution in [0.3, 0.4) is 0 Å². The third-order valence-corrected chi connectivity index (χ3v) is 6.12. The minimum Gasteiger partial charge on any atom is -0.376 e. The molecule has 2 atom stereocenters. The van der Waals surface area contributed by atoms with E-state index in [1.807, 2.05) is 0 Å². The summed E-state index contributed by atoms with van der Waals surface area (Å²) in [5.41, 5.74) is 3.79. The molecule has 2 heterocycles. The number of rotatable bonds is 2. The average molecular weight is 291 g/mol. The molecule has 2 aliphatic heterocycles. The Kier molecular flexibility index (Phi) is 4.11. The zero-order valence-corrected chi connectivity index (χ0v) is 14.6. The molecule has 2 nitrogen and oxygen atoms in total. The molecule has 0 amide bonds. The Balaban J connectivity index is 1.86. The van der Waals surface area contributed by atoms with Crippen molar-refractivity contribution in [3.05, 3.63) is 11.3 Å². The molecule has 0 bridgehead atoms. The van der Waals surface area contributed by atoms with Gasteiger partial charge < -0.3 is 9.64 Å². The summed E-state index contributed by atoms with van der Waals surface area (Å²) >= 11 is 0. The van der Waals surface area contributed by atoms with Gasteiger partial charge in [0.2, 0.25) is 0 Å². The molecule has 0 aromatic rings. The number of hydrogen-bond acceptors (Lipinski definition) is 2. The Morgan fingerprint density at radius 2 is 1.90 bits per heavy atom. The molecule has 3 rings (SSSR count). The van der Waals surface area contributed by atoms with E-state index in [9.17, 15) is 0 Å². The first-order valence-electron chi connectivity index (χ1n) is 9.02. The Bertz CT molecular complexity index is 419. The van der Waals surface area contributed by atoms with Crippen LogP contribution in [0.1, 0.15) is 66.7 Å². The van der Waals surface area contributed by atoms with Crippen LogP contribution in [0.25, 0.3) is 0 Å². The summed E-state index contributed by atoms with van der Waals surface area (Å²) in [6, 6.07) is 0.608. The molecule has 0 saturated carbocycles. The van der Waals surface area contributed by atoms with E-state index in [4.69, 9.17) is 4.74 Å². The van der Waals surface area contributed by atoms with Crippen molar-refractivity contribution < 1.29 is 4.74 Å². The van der Waals surface area contributed by atoms with Crippen LogP contribution < -0.4 is 0 Å². The molecule has 1 spiro atoms. The third-order valence-electron chi connectivity index (χ3n) is 6.12. The molecule has 0 aromatic heterocycles. The zero-order valence-electron chi connectivity index (χ0n) is 14.6. The highest BCUT2D eigenvalue weighted by Gasteiger charge is 2.51. The fourth-order valence-electron chi connectivity index (χ4n) is 5.29. The molecular weight excluding hydrogens is 258 g/mol. The maximum absolute atomic E-state index is 5.63. The number of ether oxygens (including phenoxy) is 1. The van der Waals surface area contributed by atoms with Gasteiger partial charge in [-0.3, -0.25) is 0 Å². The second-order valence-electron chi connectivity index (χ2n) is 8.39. The van der Waals surface area contributed by atoms with Crippen LogP contribution in [0.4, 0.5) is 0 Å². The Morgan fingerprint density at radius 1 is 1.19 bits per heavy atom. The average Bonchev–Trinajstić information content (AvgIpc) is 2.65. The molecule has 3 aliphatic rings. The van der Waals surface area contributed by atoms with Gasteiger partial charge >= 0.3 is 0 Å². The van der Waals surface area contributed by atoms with Crippen molar-refractivity contribution in [1.82, 2.24) is 4.90 Å². The maximum Gasteiger partial charge on any atom is 0.0904 e. The van der Waals surface area contributed by atoms with Crippen LogP contribution in [0, 0.1) is 17.8 Å². The molecule has 0 aromatic carbocycles. The van der Waals surface area contributed by atoms with Crippen molar-refractivity contribution in [1.29, 1.82) is 0 Å². The van der Waals surface area contributed by atoms with E-state index >= 15 is 0 Å². The Hall–Kier alpha value is -0.500. The van der Waals surface area contributed by atoms with Gasteiger partial charge in [-0.15, -0.1) is 0 Å². The molecule has 21 heavy (non-hydrogen) atoms. The minimum atomic E-state index is 0.330. The lowest BCUT2D eigenvalue weighted by molar-refractivity contribution is -0.128. The number of allylic oxidation sites excluding steroid dienone is 1. The Labute approximate surface area is 130 Å². The molecule has 1 fully saturated rings. The largest absolute Gasteiger partial charge is 0.376 e. The quantitative estimate of drug-likeness (QED) is 0.737. The van der Waals surface area contributed by atoms with Crippen LogP contribution in [0.5, 0.6) is 0 Å². The van der Waals surface area contributed by atoms with Crippen LogP contribution in [0.2, 0.25) is 0 Å². The summed E-state index contributed by atoms with van der Waals surface area (Å²) < 4.78 is 5.63. The summed E-state index contributed by atoms with van der Waals surface area (Å²) in [4.78, 5) is 2.74. The van der Waals surface area contributed by atoms with Crippen molar-refractivity contribution in [2.75, 3.05) is 13.2 Å². The molecule has 2 unspecified atom stereocenters. The first-order chi connectivity index (χ1) is 9.94. The molecule has 1 saturated heterocycles. The van der Waals surface area contributed by atoms with Gasteiger partial charge in [-0.2, -0.15) is 0 Å². The summed E-state index contributed by atoms with van der Waals surface area (Å²) in [5, 5.41) is 0. The molecule has 120 valence electrons. The van der Waals surface area contributed by atoms with Gasteiger partial charge in [-0.05, 0) is 69.3 Å². The van der Waals surface area contributed by atoms with E-state index < -0.39 is 0 Å². The molecular formula is C19H33NO. The van der Waals surface area contributed by atoms with Crippen molar-refractivity contribution in [2.24, 2.45) is 17.8 Å². The summed E-state index contributed by atoms with van der Waals surface area (Å²) in [6.45, 7) is 13.9. The van der Waals surface area contributed by atoms with Crippen LogP contribution in [0.15, 0.2) is 11.3 Å². The van der Waals surface area contributed by atoms with Gasteiger partial charge in [0.25, 0.3) is 0 Å². The smallest absolute Gasteiger partial charge is 0.0904 e. The van der Waals surface area contributed by atoms with Crippen molar-refractivity contribution in [2.45, 2.75) is 78.3 Å². The number of hydrogen-bond donors (Lipinski definition) is 0. The second-order valence-corrected chi connectivity index (χ2v) is 8.39. The summed E-state index contributed by atoms with van der Waals surface area (Å²) in [7, 11) is 0. The lowest BCUT2D eigenvalue weighted by atomic mass is 9.75. The first-order valence-corrected chi connectivity index (χ1v) is 9.02. The molecule has 0 radical (unpaired) electrons. The topological polar surface area (TPSA) is 12.5 Å². The lowest BCUT2D eigenvalue weighted by Crippen LogP contribution is -2.61. The number of nitrogens with zero attached hydrogens (tertiary/aromatic N) is 1. The molecule has 1 aliphatic carbocycles. The van der Waals surface area contributed by atoms with Gasteiger partial charge in [-0.25, -0.2) is 0 Å². The van der Waals surface area contributed by atoms with Crippen molar-refractivity contribution >= 4 is 0 Å². The normalized spacial score (nSPS) is 32.4. The fraction of sp³-hybridized carbons (Fsp3) is 0.895. The first kappa shape index (κ1) is 15.4. The summed E-state index contributed by atoms with van der Waals surface area (Å²) in [5.74, 6) is 2.56. The van der Waals surface area contributed by atoms with Gasteiger partial charge in [-0.1, -0.05) is 20.8 Å². The zero-order chi connectivity index (χ0) is 15.2. The predicted molar refractivity (Wildman–Crippen MR) is 88.1 cm³/mol. The van der Waals surface area contributed by atoms with E-state index in [0.29, 0.717) is 11.6 Å². The van der Waals surface area contributed by atoms with Gasteiger partial charge in [0, 0.05) is 11.7 Å². The van der Waals surface area contributed by atoms with E-state index in [2.05, 4.69) is 39.5 Å². The standard InChI is InChI=1S/C19H33NO/c1-13(2)17-7-6-8-18-16(9-15(17)5)10-19(11-21-12-19)20(18)14(3)4/h13-15,17H,6-12H2,1-5H3. The maximum atomic E-state index is 5.63. The van der Waals surface area contributed by atoms with Crippen molar-refractivity contribution in [3.63, 3.8) is 0 Å². The Morgan fingerprint density at radius 3 is 2.43 bits per heavy atom.